The van der Waals surface area contributed by atoms with Crippen LogP contribution in [0, 0.1) is 28.6 Å². The van der Waals surface area contributed by atoms with E-state index in [1.165, 1.54) is 89.9 Å². The summed E-state index contributed by atoms with van der Waals surface area (Å²) in [5, 5.41) is 4.41. The summed E-state index contributed by atoms with van der Waals surface area (Å²) in [6, 6.07) is 1.76. The molecule has 5 fully saturated rings. The van der Waals surface area contributed by atoms with E-state index in [0.29, 0.717) is 10.8 Å². The summed E-state index contributed by atoms with van der Waals surface area (Å²) in [6.07, 6.45) is 32.0. The first-order valence-electron chi connectivity index (χ1n) is 14.5. The highest BCUT2D eigenvalue weighted by atomic mass is 15.1. The molecule has 2 heterocycles. The van der Waals surface area contributed by atoms with Crippen LogP contribution in [0.25, 0.3) is 0 Å². The van der Waals surface area contributed by atoms with E-state index < -0.39 is 0 Å². The number of hydrogen-bond donors (Lipinski definition) is 1. The quantitative estimate of drug-likeness (QED) is 0.420. The molecule has 0 aromatic heterocycles. The fourth-order valence-corrected chi connectivity index (χ4v) is 9.61. The van der Waals surface area contributed by atoms with E-state index in [1.54, 1.807) is 44.9 Å². The van der Waals surface area contributed by atoms with Gasteiger partial charge in [0.25, 0.3) is 0 Å². The molecule has 5 rings (SSSR count). The van der Waals surface area contributed by atoms with E-state index in [-0.39, 0.29) is 0 Å². The van der Waals surface area contributed by atoms with E-state index in [2.05, 4.69) is 12.2 Å². The summed E-state index contributed by atoms with van der Waals surface area (Å²) in [5.41, 5.74) is 1.38. The van der Waals surface area contributed by atoms with Crippen molar-refractivity contribution in [1.82, 2.24) is 5.32 Å². The molecule has 0 aromatic rings. The van der Waals surface area contributed by atoms with Crippen LogP contribution in [0.2, 0.25) is 0 Å². The summed E-state index contributed by atoms with van der Waals surface area (Å²) in [4.78, 5) is 0. The fraction of sp³-hybridized carbons (Fsp3) is 1.00. The average molecular weight is 414 g/mol. The van der Waals surface area contributed by atoms with Crippen molar-refractivity contribution >= 4 is 0 Å². The topological polar surface area (TPSA) is 12.0 Å². The van der Waals surface area contributed by atoms with Gasteiger partial charge in [-0.2, -0.15) is 0 Å². The largest absolute Gasteiger partial charge is 0.310 e. The second-order valence-corrected chi connectivity index (χ2v) is 12.7. The molecule has 2 aliphatic heterocycles. The van der Waals surface area contributed by atoms with Gasteiger partial charge in [0.15, 0.2) is 0 Å². The lowest BCUT2D eigenvalue weighted by Crippen LogP contribution is -2.46. The van der Waals surface area contributed by atoms with Gasteiger partial charge < -0.3 is 5.32 Å². The zero-order chi connectivity index (χ0) is 20.4. The van der Waals surface area contributed by atoms with Crippen LogP contribution >= 0.6 is 0 Å². The van der Waals surface area contributed by atoms with Crippen molar-refractivity contribution in [2.24, 2.45) is 28.6 Å². The maximum absolute atomic E-state index is 4.41. The minimum atomic E-state index is 0.671. The minimum Gasteiger partial charge on any atom is -0.310 e. The van der Waals surface area contributed by atoms with Gasteiger partial charge in [-0.1, -0.05) is 90.4 Å². The molecule has 0 radical (unpaired) electrons. The third-order valence-corrected chi connectivity index (χ3v) is 11.2. The maximum atomic E-state index is 4.41. The van der Waals surface area contributed by atoms with Crippen LogP contribution in [-0.2, 0) is 0 Å². The molecule has 0 amide bonds. The standard InChI is InChI=1S/C29H51N/c1-23-13-7-5-3-2-4-6-10-18-28(21-16-23)19-11-9-15-26-24-14-8-12-20-29(24)22-17-25(28)27(29)30-26/h23-27,30H,2-22H2,1H3/t23?,24-,25?,26?,27-,28-,29?/m1/s1. The molecule has 30 heavy (non-hydrogen) atoms. The molecule has 3 saturated carbocycles. The molecule has 1 nitrogen and oxygen atoms in total. The van der Waals surface area contributed by atoms with E-state index in [4.69, 9.17) is 0 Å². The average Bonchev–Trinajstić information content (AvgIpc) is 3.27. The van der Waals surface area contributed by atoms with Crippen LogP contribution in [0.3, 0.4) is 0 Å². The third-order valence-electron chi connectivity index (χ3n) is 11.2. The van der Waals surface area contributed by atoms with Gasteiger partial charge in [-0.25, -0.2) is 0 Å². The SMILES string of the molecule is CC1CCCCCCCCC[C@@]2(CCCCC3N[C@@H]4C2CCC42CCCC[C@H]32)CC1. The number of rotatable bonds is 0. The number of nitrogens with one attached hydrogen (secondary N) is 1. The molecule has 2 spiro atoms. The molecule has 172 valence electrons. The van der Waals surface area contributed by atoms with Gasteiger partial charge in [0.2, 0.25) is 0 Å². The van der Waals surface area contributed by atoms with Crippen LogP contribution in [-0.4, -0.2) is 12.1 Å². The van der Waals surface area contributed by atoms with Crippen LogP contribution in [0.4, 0.5) is 0 Å². The molecule has 3 aliphatic carbocycles. The van der Waals surface area contributed by atoms with Crippen molar-refractivity contribution in [2.45, 2.75) is 154 Å². The Morgan fingerprint density at radius 3 is 2.07 bits per heavy atom. The van der Waals surface area contributed by atoms with E-state index >= 15 is 0 Å². The van der Waals surface area contributed by atoms with Crippen LogP contribution in [0.1, 0.15) is 142 Å². The molecular weight excluding hydrogens is 362 g/mol. The van der Waals surface area contributed by atoms with E-state index in [9.17, 15) is 0 Å². The summed E-state index contributed by atoms with van der Waals surface area (Å²) in [5.74, 6) is 2.99. The third kappa shape index (κ3) is 4.04. The van der Waals surface area contributed by atoms with Gasteiger partial charge in [-0.05, 0) is 80.0 Å². The van der Waals surface area contributed by atoms with Crippen molar-refractivity contribution in [3.05, 3.63) is 0 Å². The Kier molecular flexibility index (Phi) is 6.86. The molecule has 2 saturated heterocycles. The van der Waals surface area contributed by atoms with Crippen LogP contribution in [0.15, 0.2) is 0 Å². The Labute approximate surface area is 187 Å². The molecule has 4 unspecified atom stereocenters. The normalized spacial score (nSPS) is 48.5. The second kappa shape index (κ2) is 9.44. The highest BCUT2D eigenvalue weighted by Crippen LogP contribution is 2.65. The van der Waals surface area contributed by atoms with Gasteiger partial charge >= 0.3 is 0 Å². The molecule has 7 atom stereocenters. The fourth-order valence-electron chi connectivity index (χ4n) is 9.61. The highest BCUT2D eigenvalue weighted by molar-refractivity contribution is 5.17. The van der Waals surface area contributed by atoms with Crippen molar-refractivity contribution in [1.29, 1.82) is 0 Å². The molecule has 1 heteroatoms. The van der Waals surface area contributed by atoms with E-state index in [1.807, 2.05) is 0 Å². The predicted molar refractivity (Wildman–Crippen MR) is 129 cm³/mol. The van der Waals surface area contributed by atoms with E-state index in [0.717, 1.165) is 29.8 Å². The molecule has 2 bridgehead atoms. The Morgan fingerprint density at radius 2 is 1.20 bits per heavy atom. The first-order chi connectivity index (χ1) is 14.7. The lowest BCUT2D eigenvalue weighted by atomic mass is 9.58. The van der Waals surface area contributed by atoms with Crippen LogP contribution < -0.4 is 5.32 Å². The van der Waals surface area contributed by atoms with Crippen molar-refractivity contribution in [2.75, 3.05) is 0 Å². The van der Waals surface area contributed by atoms with Crippen molar-refractivity contribution in [3.63, 3.8) is 0 Å². The Morgan fingerprint density at radius 1 is 0.533 bits per heavy atom. The Balaban J connectivity index is 1.42. The molecule has 5 aliphatic rings. The lowest BCUT2D eigenvalue weighted by molar-refractivity contribution is 0.0537. The van der Waals surface area contributed by atoms with Gasteiger partial charge in [0.05, 0.1) is 0 Å². The van der Waals surface area contributed by atoms with Crippen LogP contribution in [0.5, 0.6) is 0 Å². The van der Waals surface area contributed by atoms with Gasteiger partial charge in [-0.15, -0.1) is 0 Å². The highest BCUT2D eigenvalue weighted by Gasteiger charge is 2.63. The molecule has 1 N–H and O–H groups in total. The number of fused-ring (bicyclic) bond motifs is 3. The minimum absolute atomic E-state index is 0.671. The van der Waals surface area contributed by atoms with Gasteiger partial charge in [0, 0.05) is 12.1 Å². The summed E-state index contributed by atoms with van der Waals surface area (Å²) in [7, 11) is 0. The van der Waals surface area contributed by atoms with Gasteiger partial charge in [-0.3, -0.25) is 0 Å². The summed E-state index contributed by atoms with van der Waals surface area (Å²) < 4.78 is 0. The predicted octanol–water partition coefficient (Wildman–Crippen LogP) is 8.41. The maximum Gasteiger partial charge on any atom is 0.0163 e. The van der Waals surface area contributed by atoms with Gasteiger partial charge in [0.1, 0.15) is 0 Å². The smallest absolute Gasteiger partial charge is 0.0163 e. The number of hydrogen-bond acceptors (Lipinski definition) is 1. The first kappa shape index (κ1) is 21.8. The molecular formula is C29H51N. The summed E-state index contributed by atoms with van der Waals surface area (Å²) >= 11 is 0. The van der Waals surface area contributed by atoms with Crippen molar-refractivity contribution in [3.8, 4) is 0 Å². The summed E-state index contributed by atoms with van der Waals surface area (Å²) in [6.45, 7) is 2.58. The second-order valence-electron chi connectivity index (χ2n) is 12.7. The Bertz CT molecular complexity index is 557. The first-order valence-corrected chi connectivity index (χ1v) is 14.5. The Hall–Kier alpha value is -0.0400. The zero-order valence-corrected chi connectivity index (χ0v) is 20.2. The lowest BCUT2D eigenvalue weighted by Gasteiger charge is -2.46. The monoisotopic (exact) mass is 413 g/mol. The zero-order valence-electron chi connectivity index (χ0n) is 20.2. The molecule has 0 aromatic carbocycles. The van der Waals surface area contributed by atoms with Crippen molar-refractivity contribution < 1.29 is 0 Å².